The van der Waals surface area contributed by atoms with E-state index >= 15 is 0 Å². The Kier molecular flexibility index (Phi) is 5.81. The number of carbonyl (C=O) groups excluding carboxylic acids is 1. The van der Waals surface area contributed by atoms with Crippen LogP contribution in [0.15, 0.2) is 64.0 Å². The first-order chi connectivity index (χ1) is 16.5. The maximum Gasteiger partial charge on any atom is 0.340 e. The molecule has 0 spiro atoms. The van der Waals surface area contributed by atoms with E-state index in [1.807, 2.05) is 18.2 Å². The predicted molar refractivity (Wildman–Crippen MR) is 128 cm³/mol. The average molecular weight is 459 g/mol. The predicted octanol–water partition coefficient (Wildman–Crippen LogP) is 2.87. The fraction of sp³-hybridized carbons (Fsp3) is 0.259. The summed E-state index contributed by atoms with van der Waals surface area (Å²) in [5.74, 6) is -0.0497. The molecule has 1 amide bonds. The summed E-state index contributed by atoms with van der Waals surface area (Å²) in [6.45, 7) is 1.24. The van der Waals surface area contributed by atoms with Crippen molar-refractivity contribution < 1.29 is 24.2 Å². The number of hydrogen-bond donors (Lipinski definition) is 3. The molecule has 0 bridgehead atoms. The van der Waals surface area contributed by atoms with Crippen molar-refractivity contribution >= 4 is 28.3 Å². The van der Waals surface area contributed by atoms with Crippen molar-refractivity contribution in [3.8, 4) is 0 Å². The van der Waals surface area contributed by atoms with Gasteiger partial charge in [-0.2, -0.15) is 0 Å². The second-order valence-corrected chi connectivity index (χ2v) is 8.66. The van der Waals surface area contributed by atoms with Crippen LogP contribution < -0.4 is 10.9 Å². The van der Waals surface area contributed by atoms with Crippen molar-refractivity contribution in [3.05, 3.63) is 93.2 Å². The third-order valence-electron chi connectivity index (χ3n) is 6.50. The minimum absolute atomic E-state index is 0.0542. The van der Waals surface area contributed by atoms with Gasteiger partial charge in [-0.25, -0.2) is 4.79 Å². The number of carbonyl (C=O) groups is 1. The Morgan fingerprint density at radius 2 is 1.97 bits per heavy atom. The second kappa shape index (κ2) is 8.93. The van der Waals surface area contributed by atoms with Gasteiger partial charge >= 0.3 is 5.63 Å². The molecule has 0 fully saturated rings. The Bertz CT molecular complexity index is 1390. The molecule has 174 valence electrons. The Labute approximate surface area is 196 Å². The van der Waals surface area contributed by atoms with Gasteiger partial charge in [-0.05, 0) is 41.0 Å². The largest absolute Gasteiger partial charge is 0.492 e. The van der Waals surface area contributed by atoms with E-state index in [4.69, 9.17) is 14.3 Å². The molecule has 34 heavy (non-hydrogen) atoms. The van der Waals surface area contributed by atoms with Crippen LogP contribution in [0.2, 0.25) is 0 Å². The van der Waals surface area contributed by atoms with Crippen LogP contribution >= 0.6 is 0 Å². The molecule has 2 aromatic carbocycles. The molecule has 1 aromatic heterocycles. The minimum atomic E-state index is -1.05. The number of aliphatic hydroxyl groups is 2. The Morgan fingerprint density at radius 3 is 2.76 bits per heavy atom. The maximum absolute atomic E-state index is 12.6. The third-order valence-corrected chi connectivity index (χ3v) is 6.50. The summed E-state index contributed by atoms with van der Waals surface area (Å²) in [7, 11) is 0. The normalized spacial score (nSPS) is 19.2. The van der Waals surface area contributed by atoms with Crippen molar-refractivity contribution in [2.75, 3.05) is 13.2 Å². The van der Waals surface area contributed by atoms with E-state index in [2.05, 4.69) is 35.6 Å². The highest BCUT2D eigenvalue weighted by molar-refractivity contribution is 5.87. The van der Waals surface area contributed by atoms with Gasteiger partial charge in [-0.1, -0.05) is 42.5 Å². The number of hydrogen-bond acceptors (Lipinski definition) is 6. The van der Waals surface area contributed by atoms with Crippen molar-refractivity contribution in [3.63, 3.8) is 0 Å². The highest BCUT2D eigenvalue weighted by Gasteiger charge is 2.38. The van der Waals surface area contributed by atoms with Crippen molar-refractivity contribution in [1.29, 1.82) is 0 Å². The molecule has 7 nitrogen and oxygen atoms in total. The Balaban J connectivity index is 1.43. The fourth-order valence-corrected chi connectivity index (χ4v) is 4.66. The van der Waals surface area contributed by atoms with Gasteiger partial charge in [-0.15, -0.1) is 0 Å². The smallest absolute Gasteiger partial charge is 0.340 e. The van der Waals surface area contributed by atoms with Gasteiger partial charge < -0.3 is 24.7 Å². The number of aliphatic hydroxyl groups excluding tert-OH is 2. The zero-order valence-electron chi connectivity index (χ0n) is 18.7. The molecule has 7 heteroatoms. The molecule has 3 atom stereocenters. The lowest BCUT2D eigenvalue weighted by atomic mass is 9.81. The molecule has 1 aliphatic heterocycles. The van der Waals surface area contributed by atoms with Crippen LogP contribution in [0, 0.1) is 12.8 Å². The topological polar surface area (TPSA) is 109 Å². The van der Waals surface area contributed by atoms with Gasteiger partial charge in [0.2, 0.25) is 5.91 Å². The van der Waals surface area contributed by atoms with E-state index in [0.717, 1.165) is 22.1 Å². The van der Waals surface area contributed by atoms with Crippen LogP contribution in [-0.2, 0) is 16.0 Å². The van der Waals surface area contributed by atoms with Crippen LogP contribution in [-0.4, -0.2) is 35.4 Å². The summed E-state index contributed by atoms with van der Waals surface area (Å²) in [4.78, 5) is 25.0. The lowest BCUT2D eigenvalue weighted by molar-refractivity contribution is -0.121. The van der Waals surface area contributed by atoms with Crippen LogP contribution in [0.3, 0.4) is 0 Å². The molecule has 3 N–H and O–H groups in total. The van der Waals surface area contributed by atoms with E-state index in [0.29, 0.717) is 11.3 Å². The average Bonchev–Trinajstić information content (AvgIpc) is 3.28. The van der Waals surface area contributed by atoms with Crippen LogP contribution in [0.25, 0.3) is 22.4 Å². The zero-order valence-corrected chi connectivity index (χ0v) is 18.7. The van der Waals surface area contributed by atoms with Gasteiger partial charge in [-0.3, -0.25) is 4.79 Å². The molecule has 0 radical (unpaired) electrons. The number of amides is 1. The first-order valence-corrected chi connectivity index (χ1v) is 11.2. The highest BCUT2D eigenvalue weighted by Crippen LogP contribution is 2.48. The minimum Gasteiger partial charge on any atom is -0.492 e. The zero-order chi connectivity index (χ0) is 23.8. The van der Waals surface area contributed by atoms with Crippen molar-refractivity contribution in [2.45, 2.75) is 25.6 Å². The van der Waals surface area contributed by atoms with Gasteiger partial charge in [0.15, 0.2) is 0 Å². The summed E-state index contributed by atoms with van der Waals surface area (Å²) < 4.78 is 11.7. The number of rotatable bonds is 6. The van der Waals surface area contributed by atoms with Crippen molar-refractivity contribution in [2.24, 2.45) is 5.92 Å². The first-order valence-electron chi connectivity index (χ1n) is 11.2. The molecular formula is C27H25NO6. The Hall–Kier alpha value is -3.68. The molecular weight excluding hydrogens is 434 g/mol. The van der Waals surface area contributed by atoms with E-state index in [9.17, 15) is 14.7 Å². The van der Waals surface area contributed by atoms with E-state index in [1.54, 1.807) is 19.3 Å². The monoisotopic (exact) mass is 459 g/mol. The molecule has 0 saturated heterocycles. The van der Waals surface area contributed by atoms with E-state index in [-0.39, 0.29) is 30.6 Å². The SMILES string of the molecule is Cc1c2c(oc(=O)c1CC(=O)NCC(O)CO)C=CC1C(c3ccc4ccccc4c3)=COC21. The molecule has 2 aliphatic rings. The molecule has 1 aliphatic carbocycles. The lowest BCUT2D eigenvalue weighted by Crippen LogP contribution is -2.36. The summed E-state index contributed by atoms with van der Waals surface area (Å²) in [5, 5.41) is 23.2. The summed E-state index contributed by atoms with van der Waals surface area (Å²) >= 11 is 0. The number of nitrogens with one attached hydrogen (secondary N) is 1. The van der Waals surface area contributed by atoms with Gasteiger partial charge in [0, 0.05) is 23.6 Å². The van der Waals surface area contributed by atoms with E-state index < -0.39 is 24.2 Å². The molecule has 3 unspecified atom stereocenters. The highest BCUT2D eigenvalue weighted by atomic mass is 16.5. The van der Waals surface area contributed by atoms with Crippen LogP contribution in [0.1, 0.15) is 34.1 Å². The standard InChI is InChI=1S/C27H25NO6/c1-15-21(11-24(31)28-12-19(30)13-29)27(32)34-23-9-8-20-22(14-33-26(20)25(15)23)18-7-6-16-4-2-3-5-17(16)10-18/h2-10,14,19-20,26,29-30H,11-13H2,1H3,(H,28,31). The van der Waals surface area contributed by atoms with Gasteiger partial charge in [0.1, 0.15) is 11.9 Å². The second-order valence-electron chi connectivity index (χ2n) is 8.66. The molecule has 5 rings (SSSR count). The van der Waals surface area contributed by atoms with E-state index in [1.165, 1.54) is 5.39 Å². The quantitative estimate of drug-likeness (QED) is 0.523. The molecule has 2 heterocycles. The summed E-state index contributed by atoms with van der Waals surface area (Å²) in [6, 6.07) is 14.5. The van der Waals surface area contributed by atoms with Gasteiger partial charge in [0.25, 0.3) is 0 Å². The number of ether oxygens (including phenoxy) is 1. The number of benzene rings is 2. The fourth-order valence-electron chi connectivity index (χ4n) is 4.66. The summed E-state index contributed by atoms with van der Waals surface area (Å²) in [5.41, 5.74) is 3.22. The molecule has 0 saturated carbocycles. The van der Waals surface area contributed by atoms with Crippen LogP contribution in [0.4, 0.5) is 0 Å². The lowest BCUT2D eigenvalue weighted by Gasteiger charge is -2.26. The third kappa shape index (κ3) is 3.93. The summed E-state index contributed by atoms with van der Waals surface area (Å²) in [6.07, 6.45) is 3.96. The van der Waals surface area contributed by atoms with Gasteiger partial charge in [0.05, 0.1) is 31.0 Å². The maximum atomic E-state index is 12.6. The van der Waals surface area contributed by atoms with Crippen LogP contribution in [0.5, 0.6) is 0 Å². The Morgan fingerprint density at radius 1 is 1.18 bits per heavy atom. The van der Waals surface area contributed by atoms with Crippen molar-refractivity contribution in [1.82, 2.24) is 5.32 Å². The molecule has 3 aromatic rings. The first kappa shape index (κ1) is 22.1. The number of fused-ring (bicyclic) bond motifs is 4.